The summed E-state index contributed by atoms with van der Waals surface area (Å²) in [6.07, 6.45) is -8.68. The Hall–Kier alpha value is -2.24. The summed E-state index contributed by atoms with van der Waals surface area (Å²) in [5, 5.41) is 8.84. The predicted molar refractivity (Wildman–Crippen MR) is 59.2 cm³/mol. The zero-order chi connectivity index (χ0) is 16.2. The van der Waals surface area contributed by atoms with Gasteiger partial charge in [-0.3, -0.25) is 9.78 Å². The first-order chi connectivity index (χ1) is 9.72. The topological polar surface area (TPSA) is 63.0 Å². The van der Waals surface area contributed by atoms with Gasteiger partial charge in [-0.15, -0.1) is 0 Å². The fourth-order valence-electron chi connectivity index (χ4n) is 1.65. The van der Waals surface area contributed by atoms with Gasteiger partial charge in [0.15, 0.2) is 0 Å². The van der Waals surface area contributed by atoms with Crippen LogP contribution in [0.15, 0.2) is 6.20 Å². The van der Waals surface area contributed by atoms with Crippen molar-refractivity contribution in [2.75, 3.05) is 6.61 Å². The number of alkyl halides is 5. The Balaban J connectivity index is 3.44. The third-order valence-corrected chi connectivity index (χ3v) is 2.43. The quantitative estimate of drug-likeness (QED) is 0.633. The predicted octanol–water partition coefficient (Wildman–Crippen LogP) is 3.02. The number of rotatable bonds is 4. The van der Waals surface area contributed by atoms with Crippen molar-refractivity contribution >= 4 is 5.97 Å². The number of hydrogen-bond acceptors (Lipinski definition) is 4. The summed E-state index contributed by atoms with van der Waals surface area (Å²) in [4.78, 5) is 14.3. The zero-order valence-electron chi connectivity index (χ0n) is 10.7. The lowest BCUT2D eigenvalue weighted by Crippen LogP contribution is -2.17. The van der Waals surface area contributed by atoms with Gasteiger partial charge in [0, 0.05) is 6.20 Å². The first kappa shape index (κ1) is 16.8. The van der Waals surface area contributed by atoms with Crippen LogP contribution in [0.2, 0.25) is 0 Å². The number of carbonyl (C=O) groups excluding carboxylic acids is 1. The van der Waals surface area contributed by atoms with E-state index in [1.54, 1.807) is 0 Å². The highest BCUT2D eigenvalue weighted by Crippen LogP contribution is 2.38. The Morgan fingerprint density at radius 3 is 2.52 bits per heavy atom. The molecule has 0 aliphatic heterocycles. The van der Waals surface area contributed by atoms with E-state index in [4.69, 9.17) is 5.26 Å². The highest BCUT2D eigenvalue weighted by Gasteiger charge is 2.40. The van der Waals surface area contributed by atoms with Crippen molar-refractivity contribution in [1.82, 2.24) is 4.98 Å². The van der Waals surface area contributed by atoms with E-state index in [2.05, 4.69) is 9.72 Å². The lowest BCUT2D eigenvalue weighted by Gasteiger charge is -2.15. The minimum atomic E-state index is -5.19. The van der Waals surface area contributed by atoms with Crippen molar-refractivity contribution < 1.29 is 31.5 Å². The van der Waals surface area contributed by atoms with Gasteiger partial charge in [0.05, 0.1) is 18.6 Å². The van der Waals surface area contributed by atoms with Gasteiger partial charge in [0.25, 0.3) is 6.43 Å². The van der Waals surface area contributed by atoms with E-state index < -0.39 is 47.4 Å². The number of ether oxygens (including phenoxy) is 1. The van der Waals surface area contributed by atoms with Crippen molar-refractivity contribution in [3.05, 3.63) is 28.6 Å². The maximum Gasteiger partial charge on any atom is 0.419 e. The molecule has 1 heterocycles. The lowest BCUT2D eigenvalue weighted by atomic mass is 9.99. The average Bonchev–Trinajstić information content (AvgIpc) is 2.36. The minimum Gasteiger partial charge on any atom is -0.466 e. The van der Waals surface area contributed by atoms with E-state index in [0.29, 0.717) is 6.20 Å². The standard InChI is InChI=1S/C12H9F5N2O2/c1-2-21-8(20)3-6-5-19-10(11(13)14)9(7(6)4-18)12(15,16)17/h5,11H,2-3H2,1H3. The number of halogens is 5. The molecule has 4 nitrogen and oxygen atoms in total. The highest BCUT2D eigenvalue weighted by atomic mass is 19.4. The van der Waals surface area contributed by atoms with Crippen LogP contribution in [-0.2, 0) is 22.1 Å². The van der Waals surface area contributed by atoms with E-state index in [0.717, 1.165) is 0 Å². The molecule has 0 aromatic carbocycles. The van der Waals surface area contributed by atoms with Gasteiger partial charge in [-0.2, -0.15) is 18.4 Å². The number of aromatic nitrogens is 1. The van der Waals surface area contributed by atoms with E-state index in [1.807, 2.05) is 0 Å². The Morgan fingerprint density at radius 2 is 2.10 bits per heavy atom. The molecule has 0 N–H and O–H groups in total. The van der Waals surface area contributed by atoms with Gasteiger partial charge in [0.2, 0.25) is 0 Å². The maximum atomic E-state index is 12.9. The molecule has 0 amide bonds. The summed E-state index contributed by atoms with van der Waals surface area (Å²) in [6.45, 7) is 1.48. The van der Waals surface area contributed by atoms with E-state index in [-0.39, 0.29) is 6.61 Å². The summed E-state index contributed by atoms with van der Waals surface area (Å²) in [6, 6.07) is 1.21. The molecule has 1 rings (SSSR count). The maximum absolute atomic E-state index is 12.9. The second kappa shape index (κ2) is 6.47. The Labute approximate surface area is 116 Å². The molecule has 0 unspecified atom stereocenters. The van der Waals surface area contributed by atoms with Crippen molar-refractivity contribution in [1.29, 1.82) is 5.26 Å². The summed E-state index contributed by atoms with van der Waals surface area (Å²) >= 11 is 0. The molecular formula is C12H9F5N2O2. The largest absolute Gasteiger partial charge is 0.466 e. The minimum absolute atomic E-state index is 0.00457. The van der Waals surface area contributed by atoms with Gasteiger partial charge in [0.1, 0.15) is 17.3 Å². The molecule has 0 aliphatic rings. The van der Waals surface area contributed by atoms with Crippen LogP contribution in [0, 0.1) is 11.3 Å². The summed E-state index contributed by atoms with van der Waals surface area (Å²) in [5.41, 5.74) is -4.80. The molecule has 9 heteroatoms. The van der Waals surface area contributed by atoms with E-state index in [1.165, 1.54) is 13.0 Å². The van der Waals surface area contributed by atoms with Gasteiger partial charge in [-0.25, -0.2) is 8.78 Å². The molecule has 0 saturated heterocycles. The molecule has 0 bridgehead atoms. The SMILES string of the molecule is CCOC(=O)Cc1cnc(C(F)F)c(C(F)(F)F)c1C#N. The van der Waals surface area contributed by atoms with Gasteiger partial charge < -0.3 is 4.74 Å². The summed E-state index contributed by atoms with van der Waals surface area (Å²) < 4.78 is 68.4. The molecule has 0 saturated carbocycles. The average molecular weight is 308 g/mol. The van der Waals surface area contributed by atoms with Crippen LogP contribution < -0.4 is 0 Å². The fourth-order valence-corrected chi connectivity index (χ4v) is 1.65. The van der Waals surface area contributed by atoms with Gasteiger partial charge in [-0.1, -0.05) is 0 Å². The van der Waals surface area contributed by atoms with E-state index in [9.17, 15) is 26.7 Å². The van der Waals surface area contributed by atoms with Gasteiger partial charge in [-0.05, 0) is 12.5 Å². The Bertz CT molecular complexity index is 578. The molecule has 0 spiro atoms. The van der Waals surface area contributed by atoms with Crippen molar-refractivity contribution in [3.8, 4) is 6.07 Å². The number of nitrogens with zero attached hydrogens (tertiary/aromatic N) is 2. The number of hydrogen-bond donors (Lipinski definition) is 0. The van der Waals surface area contributed by atoms with Crippen molar-refractivity contribution in [2.24, 2.45) is 0 Å². The third kappa shape index (κ3) is 3.87. The van der Waals surface area contributed by atoms with Crippen molar-refractivity contribution in [2.45, 2.75) is 25.9 Å². The molecule has 114 valence electrons. The molecule has 1 aromatic rings. The zero-order valence-corrected chi connectivity index (χ0v) is 10.7. The Morgan fingerprint density at radius 1 is 1.48 bits per heavy atom. The van der Waals surface area contributed by atoms with Crippen LogP contribution in [0.3, 0.4) is 0 Å². The molecule has 0 fully saturated rings. The van der Waals surface area contributed by atoms with E-state index >= 15 is 0 Å². The first-order valence-corrected chi connectivity index (χ1v) is 5.65. The number of carbonyl (C=O) groups is 1. The molecule has 0 atom stereocenters. The number of nitriles is 1. The van der Waals surface area contributed by atoms with Crippen LogP contribution >= 0.6 is 0 Å². The van der Waals surface area contributed by atoms with Crippen LogP contribution in [0.25, 0.3) is 0 Å². The smallest absolute Gasteiger partial charge is 0.419 e. The molecule has 1 aromatic heterocycles. The molecule has 0 radical (unpaired) electrons. The highest BCUT2D eigenvalue weighted by molar-refractivity contribution is 5.73. The van der Waals surface area contributed by atoms with Crippen LogP contribution in [0.4, 0.5) is 22.0 Å². The molecule has 21 heavy (non-hydrogen) atoms. The Kier molecular flexibility index (Phi) is 5.18. The van der Waals surface area contributed by atoms with Gasteiger partial charge >= 0.3 is 12.1 Å². The lowest BCUT2D eigenvalue weighted by molar-refractivity contribution is -0.143. The van der Waals surface area contributed by atoms with Crippen molar-refractivity contribution in [3.63, 3.8) is 0 Å². The van der Waals surface area contributed by atoms with Crippen LogP contribution in [0.1, 0.15) is 35.7 Å². The monoisotopic (exact) mass is 308 g/mol. The second-order valence-corrected chi connectivity index (χ2v) is 3.81. The van der Waals surface area contributed by atoms with Crippen LogP contribution in [-0.4, -0.2) is 17.6 Å². The van der Waals surface area contributed by atoms with Crippen LogP contribution in [0.5, 0.6) is 0 Å². The molecular weight excluding hydrogens is 299 g/mol. The second-order valence-electron chi connectivity index (χ2n) is 3.81. The summed E-state index contributed by atoms with van der Waals surface area (Å²) in [5.74, 6) is -0.881. The number of pyridine rings is 1. The normalized spacial score (nSPS) is 11.3. The third-order valence-electron chi connectivity index (χ3n) is 2.43. The first-order valence-electron chi connectivity index (χ1n) is 5.65. The fraction of sp³-hybridized carbons (Fsp3) is 0.417. The summed E-state index contributed by atoms with van der Waals surface area (Å²) in [7, 11) is 0. The molecule has 0 aliphatic carbocycles. The number of esters is 1.